The van der Waals surface area contributed by atoms with Crippen LogP contribution in [0.15, 0.2) is 65.8 Å². The molecule has 0 aliphatic carbocycles. The Morgan fingerprint density at radius 2 is 1.82 bits per heavy atom. The van der Waals surface area contributed by atoms with Crippen molar-refractivity contribution in [2.45, 2.75) is 50.7 Å². The van der Waals surface area contributed by atoms with Crippen molar-refractivity contribution in [1.82, 2.24) is 16.1 Å². The zero-order valence-electron chi connectivity index (χ0n) is 21.5. The number of carbonyl (C=O) groups is 4. The number of aryl methyl sites for hydroxylation is 1. The molecule has 3 atom stereocenters. The van der Waals surface area contributed by atoms with Crippen molar-refractivity contribution in [1.29, 1.82) is 0 Å². The molecule has 2 aliphatic heterocycles. The van der Waals surface area contributed by atoms with Crippen molar-refractivity contribution in [3.05, 3.63) is 77.4 Å². The molecule has 0 saturated heterocycles. The van der Waals surface area contributed by atoms with Gasteiger partial charge in [-0.3, -0.25) is 19.3 Å². The Balaban J connectivity index is 1.40. The zero-order chi connectivity index (χ0) is 27.5. The summed E-state index contributed by atoms with van der Waals surface area (Å²) >= 11 is 0. The van der Waals surface area contributed by atoms with Crippen LogP contribution < -0.4 is 26.7 Å². The zero-order valence-corrected chi connectivity index (χ0v) is 21.5. The molecule has 10 heteroatoms. The Hall–Kier alpha value is -4.73. The summed E-state index contributed by atoms with van der Waals surface area (Å²) in [5, 5.41) is 11.4. The van der Waals surface area contributed by atoms with Gasteiger partial charge >= 0.3 is 6.03 Å². The van der Waals surface area contributed by atoms with Crippen LogP contribution in [0.1, 0.15) is 41.3 Å². The Morgan fingerprint density at radius 3 is 2.62 bits per heavy atom. The standard InChI is InChI=1S/C29H30N6O4/c1-2-20(16-31-34-29(30)39)32-27(37)24-15-19-10-5-9-18-13-14-23(28(38)35(24)25(18)19)33-26(36)22-12-6-8-17-7-3-4-11-21(17)22/h3-12,16,20,23-24H,2,13-15H2,1H3,(H,32,37)(H,33,36)(H3,30,34,39)/b31-16-/t20-,23-,24-/m0/s1. The van der Waals surface area contributed by atoms with Crippen molar-refractivity contribution in [3.63, 3.8) is 0 Å². The van der Waals surface area contributed by atoms with E-state index >= 15 is 0 Å². The summed E-state index contributed by atoms with van der Waals surface area (Å²) in [5.41, 5.74) is 10.3. The van der Waals surface area contributed by atoms with E-state index in [0.717, 1.165) is 27.6 Å². The number of anilines is 1. The number of primary amides is 1. The van der Waals surface area contributed by atoms with Gasteiger partial charge in [-0.25, -0.2) is 10.2 Å². The fraction of sp³-hybridized carbons (Fsp3) is 0.276. The number of para-hydroxylation sites is 1. The highest BCUT2D eigenvalue weighted by Gasteiger charge is 2.44. The molecule has 39 heavy (non-hydrogen) atoms. The molecule has 3 aromatic rings. The maximum Gasteiger partial charge on any atom is 0.332 e. The summed E-state index contributed by atoms with van der Waals surface area (Å²) in [5.74, 6) is -0.991. The van der Waals surface area contributed by atoms with Gasteiger partial charge < -0.3 is 16.4 Å². The first-order valence-corrected chi connectivity index (χ1v) is 13.0. The van der Waals surface area contributed by atoms with Gasteiger partial charge in [-0.15, -0.1) is 0 Å². The number of fused-ring (bicyclic) bond motifs is 1. The van der Waals surface area contributed by atoms with Crippen LogP contribution >= 0.6 is 0 Å². The second kappa shape index (κ2) is 10.9. The van der Waals surface area contributed by atoms with Crippen molar-refractivity contribution in [2.75, 3.05) is 4.90 Å². The molecule has 0 unspecified atom stereocenters. The van der Waals surface area contributed by atoms with Gasteiger partial charge in [0.15, 0.2) is 0 Å². The van der Waals surface area contributed by atoms with E-state index in [0.29, 0.717) is 31.2 Å². The van der Waals surface area contributed by atoms with Crippen LogP contribution in [-0.4, -0.2) is 48.1 Å². The quantitative estimate of drug-likeness (QED) is 0.277. The molecular weight excluding hydrogens is 496 g/mol. The van der Waals surface area contributed by atoms with Crippen LogP contribution in [0.2, 0.25) is 0 Å². The van der Waals surface area contributed by atoms with Gasteiger partial charge in [0.25, 0.3) is 5.91 Å². The Morgan fingerprint density at radius 1 is 1.08 bits per heavy atom. The minimum Gasteiger partial charge on any atom is -0.350 e. The number of hydrazone groups is 1. The van der Waals surface area contributed by atoms with Crippen LogP contribution in [0.3, 0.4) is 0 Å². The third-order valence-corrected chi connectivity index (χ3v) is 7.25. The molecular formula is C29H30N6O4. The third-order valence-electron chi connectivity index (χ3n) is 7.25. The Labute approximate surface area is 225 Å². The molecule has 0 radical (unpaired) electrons. The maximum atomic E-state index is 14.0. The van der Waals surface area contributed by atoms with Crippen LogP contribution in [0.5, 0.6) is 0 Å². The lowest BCUT2D eigenvalue weighted by molar-refractivity contribution is -0.127. The molecule has 200 valence electrons. The first-order chi connectivity index (χ1) is 18.9. The highest BCUT2D eigenvalue weighted by Crippen LogP contribution is 2.39. The normalized spacial score (nSPS) is 18.9. The number of carbonyl (C=O) groups excluding carboxylic acids is 4. The van der Waals surface area contributed by atoms with Gasteiger partial charge in [-0.05, 0) is 47.2 Å². The van der Waals surface area contributed by atoms with E-state index < -0.39 is 24.2 Å². The van der Waals surface area contributed by atoms with E-state index in [1.807, 2.05) is 61.5 Å². The first-order valence-electron chi connectivity index (χ1n) is 13.0. The number of benzene rings is 3. The van der Waals surface area contributed by atoms with Crippen LogP contribution in [0.4, 0.5) is 10.5 Å². The smallest absolute Gasteiger partial charge is 0.332 e. The number of nitrogens with two attached hydrogens (primary N) is 1. The average Bonchev–Trinajstić information content (AvgIpc) is 3.28. The fourth-order valence-corrected chi connectivity index (χ4v) is 5.35. The second-order valence-electron chi connectivity index (χ2n) is 9.72. The predicted molar refractivity (Wildman–Crippen MR) is 148 cm³/mol. The lowest BCUT2D eigenvalue weighted by atomic mass is 10.0. The SMILES string of the molecule is CC[C@@H](/C=N\NC(N)=O)NC(=O)[C@@H]1Cc2cccc3c2N1C(=O)[C@@H](NC(=O)c1cccc2ccccc12)CC3. The molecule has 3 aromatic carbocycles. The molecule has 0 bridgehead atoms. The molecule has 2 heterocycles. The molecule has 5 rings (SSSR count). The highest BCUT2D eigenvalue weighted by molar-refractivity contribution is 6.11. The average molecular weight is 527 g/mol. The van der Waals surface area contributed by atoms with Gasteiger partial charge in [-0.1, -0.05) is 61.5 Å². The molecule has 0 saturated carbocycles. The van der Waals surface area contributed by atoms with Crippen molar-refractivity contribution in [2.24, 2.45) is 10.8 Å². The number of urea groups is 1. The van der Waals surface area contributed by atoms with E-state index in [1.165, 1.54) is 6.21 Å². The van der Waals surface area contributed by atoms with E-state index in [2.05, 4.69) is 21.2 Å². The second-order valence-corrected chi connectivity index (χ2v) is 9.72. The first kappa shape index (κ1) is 25.9. The van der Waals surface area contributed by atoms with Gasteiger partial charge in [0, 0.05) is 18.2 Å². The van der Waals surface area contributed by atoms with Crippen molar-refractivity contribution < 1.29 is 19.2 Å². The third kappa shape index (κ3) is 5.18. The van der Waals surface area contributed by atoms with Crippen LogP contribution in [0.25, 0.3) is 10.8 Å². The minimum absolute atomic E-state index is 0.315. The molecule has 2 aliphatic rings. The number of hydrogen-bond donors (Lipinski definition) is 4. The molecule has 5 N–H and O–H groups in total. The van der Waals surface area contributed by atoms with Crippen molar-refractivity contribution in [3.8, 4) is 0 Å². The number of nitrogens with zero attached hydrogens (tertiary/aromatic N) is 2. The van der Waals surface area contributed by atoms with Gasteiger partial charge in [0.05, 0.1) is 11.7 Å². The largest absolute Gasteiger partial charge is 0.350 e. The molecule has 0 spiro atoms. The predicted octanol–water partition coefficient (Wildman–Crippen LogP) is 2.39. The van der Waals surface area contributed by atoms with E-state index in [4.69, 9.17) is 5.73 Å². The fourth-order valence-electron chi connectivity index (χ4n) is 5.35. The summed E-state index contributed by atoms with van der Waals surface area (Å²) in [6, 6.07) is 16.1. The van der Waals surface area contributed by atoms with Gasteiger partial charge in [-0.2, -0.15) is 5.10 Å². The lowest BCUT2D eigenvalue weighted by Gasteiger charge is -2.28. The number of amides is 5. The molecule has 10 nitrogen and oxygen atoms in total. The summed E-state index contributed by atoms with van der Waals surface area (Å²) in [6.07, 6.45) is 3.27. The monoisotopic (exact) mass is 526 g/mol. The Kier molecular flexibility index (Phi) is 7.27. The molecule has 5 amide bonds. The highest BCUT2D eigenvalue weighted by atomic mass is 16.2. The van der Waals surface area contributed by atoms with Crippen LogP contribution in [0, 0.1) is 0 Å². The van der Waals surface area contributed by atoms with E-state index in [9.17, 15) is 19.2 Å². The van der Waals surface area contributed by atoms with E-state index in [-0.39, 0.29) is 17.7 Å². The topological polar surface area (TPSA) is 146 Å². The van der Waals surface area contributed by atoms with Crippen molar-refractivity contribution >= 4 is 46.4 Å². The number of rotatable bonds is 7. The summed E-state index contributed by atoms with van der Waals surface area (Å²) in [6.45, 7) is 1.86. The lowest BCUT2D eigenvalue weighted by Crippen LogP contribution is -2.55. The number of hydrogen-bond acceptors (Lipinski definition) is 5. The van der Waals surface area contributed by atoms with Gasteiger partial charge in [0.2, 0.25) is 11.8 Å². The maximum absolute atomic E-state index is 14.0. The summed E-state index contributed by atoms with van der Waals surface area (Å²) in [7, 11) is 0. The Bertz CT molecular complexity index is 1480. The molecule has 0 aromatic heterocycles. The summed E-state index contributed by atoms with van der Waals surface area (Å²) < 4.78 is 0. The summed E-state index contributed by atoms with van der Waals surface area (Å²) in [4.78, 5) is 53.3. The minimum atomic E-state index is -0.807. The van der Waals surface area contributed by atoms with E-state index in [1.54, 1.807) is 11.0 Å². The number of nitrogens with one attached hydrogen (secondary N) is 3. The van der Waals surface area contributed by atoms with Crippen LogP contribution in [-0.2, 0) is 22.4 Å². The molecule has 0 fully saturated rings. The van der Waals surface area contributed by atoms with Gasteiger partial charge in [0.1, 0.15) is 12.1 Å².